The number of nitrogens with zero attached hydrogens (tertiary/aromatic N) is 3. The average Bonchev–Trinajstić information content (AvgIpc) is 3.43. The van der Waals surface area contributed by atoms with E-state index in [-0.39, 0.29) is 39.7 Å². The Morgan fingerprint density at radius 3 is 2.63 bits per heavy atom. The number of carbonyl (C=O) groups is 2. The molecule has 1 aromatic carbocycles. The van der Waals surface area contributed by atoms with Crippen LogP contribution in [0.2, 0.25) is 5.02 Å². The number of aliphatic imine (C=N–C) groups is 1. The number of carboxylic acids is 1. The van der Waals surface area contributed by atoms with Gasteiger partial charge in [-0.05, 0) is 12.1 Å². The van der Waals surface area contributed by atoms with E-state index in [1.165, 1.54) is 17.4 Å². The van der Waals surface area contributed by atoms with Gasteiger partial charge in [-0.25, -0.2) is 22.9 Å². The first-order valence-corrected chi connectivity index (χ1v) is 12.9. The molecule has 2 aromatic rings. The van der Waals surface area contributed by atoms with Crippen molar-refractivity contribution >= 4 is 40.7 Å². The van der Waals surface area contributed by atoms with Crippen LogP contribution >= 0.6 is 22.9 Å². The Balaban J connectivity index is 1.86. The molecule has 1 aromatic heterocycles. The van der Waals surface area contributed by atoms with E-state index in [9.17, 15) is 27.9 Å². The number of halogens is 4. The number of hydrogen-bond donors (Lipinski definition) is 2. The van der Waals surface area contributed by atoms with Crippen molar-refractivity contribution < 1.29 is 32.6 Å². The predicted octanol–water partition coefficient (Wildman–Crippen LogP) is 4.55. The second kappa shape index (κ2) is 10.3. The molecule has 0 spiro atoms. The lowest BCUT2D eigenvalue weighted by Gasteiger charge is -2.30. The van der Waals surface area contributed by atoms with Gasteiger partial charge in [-0.3, -0.25) is 14.7 Å². The first-order chi connectivity index (χ1) is 17.7. The number of amidine groups is 1. The van der Waals surface area contributed by atoms with Crippen LogP contribution in [0.5, 0.6) is 0 Å². The van der Waals surface area contributed by atoms with Crippen molar-refractivity contribution in [3.8, 4) is 0 Å². The number of thiazole rings is 1. The lowest BCUT2D eigenvalue weighted by molar-refractivity contribution is -0.142. The molecule has 1 fully saturated rings. The summed E-state index contributed by atoms with van der Waals surface area (Å²) in [5.74, 6) is -5.82. The Bertz CT molecular complexity index is 1340. The largest absolute Gasteiger partial charge is 0.480 e. The molecule has 1 saturated heterocycles. The molecule has 2 aliphatic heterocycles. The van der Waals surface area contributed by atoms with Crippen LogP contribution < -0.4 is 5.32 Å². The molecule has 0 radical (unpaired) electrons. The van der Waals surface area contributed by atoms with Crippen LogP contribution in [0.1, 0.15) is 49.5 Å². The fourth-order valence-electron chi connectivity index (χ4n) is 4.35. The second-order valence-corrected chi connectivity index (χ2v) is 11.4. The van der Waals surface area contributed by atoms with Crippen molar-refractivity contribution in [3.63, 3.8) is 0 Å². The van der Waals surface area contributed by atoms with E-state index in [4.69, 9.17) is 16.3 Å². The summed E-state index contributed by atoms with van der Waals surface area (Å²) in [6.45, 7) is 4.81. The third-order valence-electron chi connectivity index (χ3n) is 6.28. The van der Waals surface area contributed by atoms with Crippen molar-refractivity contribution in [2.24, 2.45) is 4.99 Å². The van der Waals surface area contributed by atoms with Crippen LogP contribution in [0, 0.1) is 5.82 Å². The molecule has 4 rings (SSSR count). The van der Waals surface area contributed by atoms with Crippen LogP contribution in [-0.4, -0.2) is 64.9 Å². The molecule has 1 unspecified atom stereocenters. The molecule has 204 valence electrons. The summed E-state index contributed by atoms with van der Waals surface area (Å²) >= 11 is 7.64. The summed E-state index contributed by atoms with van der Waals surface area (Å²) < 4.78 is 47.3. The molecule has 3 heterocycles. The van der Waals surface area contributed by atoms with Crippen molar-refractivity contribution in [2.45, 2.75) is 50.6 Å². The Morgan fingerprint density at radius 1 is 1.34 bits per heavy atom. The molecule has 0 amide bonds. The third-order valence-corrected chi connectivity index (χ3v) is 7.45. The number of esters is 1. The molecule has 13 heteroatoms. The number of ether oxygens (including phenoxy) is 1. The zero-order valence-electron chi connectivity index (χ0n) is 21.0. The SMILES string of the molecule is COC(=O)C1=C(CN2CC(F)(F)CC2C(=O)O)NC(c2nc(C(C)(C)C)cs2)=N[C@H]1c1ccc(F)cc1Cl. The summed E-state index contributed by atoms with van der Waals surface area (Å²) in [6, 6.07) is 1.04. The molecule has 2 N–H and O–H groups in total. The van der Waals surface area contributed by atoms with Crippen LogP contribution in [0.15, 0.2) is 39.8 Å². The Kier molecular flexibility index (Phi) is 7.61. The molecule has 0 saturated carbocycles. The van der Waals surface area contributed by atoms with Crippen LogP contribution in [0.4, 0.5) is 13.2 Å². The fraction of sp³-hybridized carbons (Fsp3) is 0.440. The third kappa shape index (κ3) is 5.71. The number of rotatable bonds is 6. The van der Waals surface area contributed by atoms with Crippen molar-refractivity contribution in [2.75, 3.05) is 20.2 Å². The van der Waals surface area contributed by atoms with E-state index < -0.39 is 48.7 Å². The summed E-state index contributed by atoms with van der Waals surface area (Å²) in [4.78, 5) is 35.2. The van der Waals surface area contributed by atoms with Gasteiger partial charge >= 0.3 is 11.9 Å². The van der Waals surface area contributed by atoms with Crippen LogP contribution in [-0.2, 0) is 19.7 Å². The Labute approximate surface area is 226 Å². The van der Waals surface area contributed by atoms with Gasteiger partial charge in [0.15, 0.2) is 10.8 Å². The molecular weight excluding hydrogens is 545 g/mol. The van der Waals surface area contributed by atoms with Gasteiger partial charge in [0.2, 0.25) is 0 Å². The van der Waals surface area contributed by atoms with Crippen molar-refractivity contribution in [3.05, 3.63) is 62.0 Å². The van der Waals surface area contributed by atoms with Crippen molar-refractivity contribution in [1.82, 2.24) is 15.2 Å². The molecule has 0 aliphatic carbocycles. The maximum atomic E-state index is 14.3. The van der Waals surface area contributed by atoms with Gasteiger partial charge in [-0.2, -0.15) is 0 Å². The first-order valence-electron chi connectivity index (χ1n) is 11.6. The lowest BCUT2D eigenvalue weighted by Crippen LogP contribution is -2.43. The highest BCUT2D eigenvalue weighted by molar-refractivity contribution is 7.11. The van der Waals surface area contributed by atoms with Gasteiger partial charge in [-0.1, -0.05) is 38.4 Å². The molecular formula is C25H26ClF3N4O4S. The number of nitrogens with one attached hydrogen (secondary N) is 1. The van der Waals surface area contributed by atoms with E-state index >= 15 is 0 Å². The van der Waals surface area contributed by atoms with E-state index in [0.717, 1.165) is 29.8 Å². The van der Waals surface area contributed by atoms with E-state index in [2.05, 4.69) is 15.3 Å². The average molecular weight is 571 g/mol. The highest BCUT2D eigenvalue weighted by Crippen LogP contribution is 2.39. The summed E-state index contributed by atoms with van der Waals surface area (Å²) in [5, 5.41) is 14.9. The number of alkyl halides is 2. The smallest absolute Gasteiger partial charge is 0.338 e. The molecule has 38 heavy (non-hydrogen) atoms. The summed E-state index contributed by atoms with van der Waals surface area (Å²) in [5.41, 5.74) is 0.849. The number of aromatic nitrogens is 1. The summed E-state index contributed by atoms with van der Waals surface area (Å²) in [6.07, 6.45) is -0.862. The van der Waals surface area contributed by atoms with Gasteiger partial charge < -0.3 is 15.2 Å². The quantitative estimate of drug-likeness (QED) is 0.491. The topological polar surface area (TPSA) is 104 Å². The van der Waals surface area contributed by atoms with E-state index in [1.807, 2.05) is 26.2 Å². The molecule has 8 nitrogen and oxygen atoms in total. The van der Waals surface area contributed by atoms with Crippen LogP contribution in [0.25, 0.3) is 0 Å². The number of aliphatic carboxylic acids is 1. The number of likely N-dealkylation sites (tertiary alicyclic amines) is 1. The minimum Gasteiger partial charge on any atom is -0.480 e. The van der Waals surface area contributed by atoms with Gasteiger partial charge in [-0.15, -0.1) is 11.3 Å². The zero-order chi connectivity index (χ0) is 28.0. The number of hydrogen-bond acceptors (Lipinski definition) is 8. The van der Waals surface area contributed by atoms with Gasteiger partial charge in [0, 0.05) is 40.0 Å². The second-order valence-electron chi connectivity index (χ2n) is 10.2. The summed E-state index contributed by atoms with van der Waals surface area (Å²) in [7, 11) is 1.15. The van der Waals surface area contributed by atoms with E-state index in [1.54, 1.807) is 0 Å². The number of methoxy groups -OCH3 is 1. The van der Waals surface area contributed by atoms with Gasteiger partial charge in [0.05, 0.1) is 24.9 Å². The molecule has 2 atom stereocenters. The Hall–Kier alpha value is -2.96. The van der Waals surface area contributed by atoms with E-state index in [0.29, 0.717) is 5.01 Å². The van der Waals surface area contributed by atoms with Gasteiger partial charge in [0.1, 0.15) is 17.9 Å². The minimum atomic E-state index is -3.22. The maximum Gasteiger partial charge on any atom is 0.338 e. The molecule has 0 bridgehead atoms. The highest BCUT2D eigenvalue weighted by Gasteiger charge is 2.49. The monoisotopic (exact) mass is 570 g/mol. The standard InChI is InChI=1S/C25H26ClF3N4O4S/c1-24(2,3)17-10-38-21(31-17)20-30-15(9-33-11-25(28,29)8-16(33)22(34)35)18(23(36)37-4)19(32-20)13-6-5-12(27)7-14(13)26/h5-7,10,16,19H,8-9,11H2,1-4H3,(H,30,32)(H,34,35)/t16?,19-/m0/s1. The number of carbonyl (C=O) groups excluding carboxylic acids is 1. The van der Waals surface area contributed by atoms with Gasteiger partial charge in [0.25, 0.3) is 5.92 Å². The number of benzene rings is 1. The van der Waals surface area contributed by atoms with Crippen LogP contribution in [0.3, 0.4) is 0 Å². The Morgan fingerprint density at radius 2 is 2.05 bits per heavy atom. The maximum absolute atomic E-state index is 14.3. The normalized spacial score (nSPS) is 21.7. The predicted molar refractivity (Wildman–Crippen MR) is 136 cm³/mol. The molecule has 2 aliphatic rings. The zero-order valence-corrected chi connectivity index (χ0v) is 22.6. The fourth-order valence-corrected chi connectivity index (χ4v) is 5.62. The van der Waals surface area contributed by atoms with Crippen molar-refractivity contribution in [1.29, 1.82) is 0 Å². The lowest BCUT2D eigenvalue weighted by atomic mass is 9.93. The number of carboxylic acid groups (broad SMARTS) is 1. The first kappa shape index (κ1) is 28.1. The highest BCUT2D eigenvalue weighted by atomic mass is 35.5. The minimum absolute atomic E-state index is 0.00797.